The summed E-state index contributed by atoms with van der Waals surface area (Å²) in [6, 6.07) is 0. The van der Waals surface area contributed by atoms with Gasteiger partial charge >= 0.3 is 0 Å². The predicted molar refractivity (Wildman–Crippen MR) is 67.8 cm³/mol. The lowest BCUT2D eigenvalue weighted by atomic mass is 9.79. The summed E-state index contributed by atoms with van der Waals surface area (Å²) >= 11 is 0. The van der Waals surface area contributed by atoms with Gasteiger partial charge in [0.05, 0.1) is 6.10 Å². The van der Waals surface area contributed by atoms with Gasteiger partial charge in [0.15, 0.2) is 8.32 Å². The number of hydrogen-bond donors (Lipinski definition) is 0. The van der Waals surface area contributed by atoms with E-state index in [1.54, 1.807) is 0 Å². The Balaban J connectivity index is 2.27. The van der Waals surface area contributed by atoms with Gasteiger partial charge in [0, 0.05) is 17.3 Å². The molecule has 2 aliphatic carbocycles. The molecule has 3 atom stereocenters. The number of carbonyl (C=O) groups excluding carboxylic acids is 1. The zero-order valence-corrected chi connectivity index (χ0v) is 12.5. The van der Waals surface area contributed by atoms with Crippen LogP contribution in [0.15, 0.2) is 0 Å². The molecular formula is C13H24O2Si. The molecule has 0 amide bonds. The van der Waals surface area contributed by atoms with Crippen LogP contribution in [0.2, 0.25) is 19.6 Å². The van der Waals surface area contributed by atoms with E-state index in [0.717, 1.165) is 0 Å². The lowest BCUT2D eigenvalue weighted by Crippen LogP contribution is -2.44. The Labute approximate surface area is 99.9 Å². The van der Waals surface area contributed by atoms with Gasteiger partial charge in [0.2, 0.25) is 0 Å². The van der Waals surface area contributed by atoms with Crippen molar-refractivity contribution in [1.82, 2.24) is 0 Å². The third-order valence-electron chi connectivity index (χ3n) is 4.35. The number of rotatable bonds is 2. The van der Waals surface area contributed by atoms with Gasteiger partial charge in [-0.15, -0.1) is 0 Å². The second-order valence-electron chi connectivity index (χ2n) is 7.56. The van der Waals surface area contributed by atoms with Gasteiger partial charge in [-0.05, 0) is 25.1 Å². The van der Waals surface area contributed by atoms with E-state index in [4.69, 9.17) is 4.43 Å². The van der Waals surface area contributed by atoms with E-state index < -0.39 is 8.32 Å². The van der Waals surface area contributed by atoms with Crippen molar-refractivity contribution in [3.05, 3.63) is 0 Å². The maximum absolute atomic E-state index is 12.3. The van der Waals surface area contributed by atoms with E-state index in [1.165, 1.54) is 0 Å². The lowest BCUT2D eigenvalue weighted by Gasteiger charge is -2.36. The van der Waals surface area contributed by atoms with Gasteiger partial charge in [0.25, 0.3) is 0 Å². The molecule has 2 fully saturated rings. The van der Waals surface area contributed by atoms with E-state index in [2.05, 4.69) is 47.3 Å². The van der Waals surface area contributed by atoms with E-state index in [1.807, 2.05) is 0 Å². The summed E-state index contributed by atoms with van der Waals surface area (Å²) < 4.78 is 6.29. The van der Waals surface area contributed by atoms with Crippen LogP contribution in [0.1, 0.15) is 27.7 Å². The van der Waals surface area contributed by atoms with Crippen LogP contribution in [-0.2, 0) is 9.22 Å². The summed E-state index contributed by atoms with van der Waals surface area (Å²) in [5.74, 6) is 1.14. The second kappa shape index (κ2) is 2.99. The lowest BCUT2D eigenvalue weighted by molar-refractivity contribution is -0.131. The first-order chi connectivity index (χ1) is 6.99. The molecule has 2 aliphatic rings. The summed E-state index contributed by atoms with van der Waals surface area (Å²) in [6.07, 6.45) is 0.145. The highest BCUT2D eigenvalue weighted by Gasteiger charge is 2.75. The monoisotopic (exact) mass is 240 g/mol. The number of carbonyl (C=O) groups is 1. The van der Waals surface area contributed by atoms with Gasteiger partial charge in [-0.3, -0.25) is 4.79 Å². The average Bonchev–Trinajstić information content (AvgIpc) is 2.53. The molecule has 2 nitrogen and oxygen atoms in total. The maximum atomic E-state index is 12.3. The van der Waals surface area contributed by atoms with Gasteiger partial charge in [-0.1, -0.05) is 27.7 Å². The Kier molecular flexibility index (Phi) is 2.30. The van der Waals surface area contributed by atoms with Crippen molar-refractivity contribution in [1.29, 1.82) is 0 Å². The predicted octanol–water partition coefficient (Wildman–Crippen LogP) is 3.09. The van der Waals surface area contributed by atoms with Crippen LogP contribution in [0.4, 0.5) is 0 Å². The fraction of sp³-hybridized carbons (Fsp3) is 0.923. The summed E-state index contributed by atoms with van der Waals surface area (Å²) in [6.45, 7) is 15.1. The third-order valence-corrected chi connectivity index (χ3v) is 5.31. The first-order valence-electron chi connectivity index (χ1n) is 6.22. The first-order valence-corrected chi connectivity index (χ1v) is 9.62. The SMILES string of the molecule is CC1(C)C(=O)[C@@H]2[C@H]([C@@H]1O[Si](C)(C)C)C2(C)C. The zero-order valence-electron chi connectivity index (χ0n) is 11.5. The quantitative estimate of drug-likeness (QED) is 0.693. The summed E-state index contributed by atoms with van der Waals surface area (Å²) in [5, 5.41) is 0. The first kappa shape index (κ1) is 12.3. The van der Waals surface area contributed by atoms with Crippen LogP contribution in [0.5, 0.6) is 0 Å². The second-order valence-corrected chi connectivity index (χ2v) is 12.0. The molecule has 0 radical (unpaired) electrons. The highest BCUT2D eigenvalue weighted by molar-refractivity contribution is 6.69. The van der Waals surface area contributed by atoms with Crippen LogP contribution in [0.3, 0.4) is 0 Å². The molecule has 0 heterocycles. The molecule has 2 rings (SSSR count). The highest BCUT2D eigenvalue weighted by atomic mass is 28.4. The Hall–Kier alpha value is -0.153. The Morgan fingerprint density at radius 2 is 1.62 bits per heavy atom. The Morgan fingerprint density at radius 3 is 2.00 bits per heavy atom. The molecule has 92 valence electrons. The van der Waals surface area contributed by atoms with Gasteiger partial charge in [-0.2, -0.15) is 0 Å². The van der Waals surface area contributed by atoms with Crippen molar-refractivity contribution >= 4 is 14.1 Å². The average molecular weight is 240 g/mol. The molecular weight excluding hydrogens is 216 g/mol. The van der Waals surface area contributed by atoms with E-state index >= 15 is 0 Å². The fourth-order valence-corrected chi connectivity index (χ4v) is 4.54. The van der Waals surface area contributed by atoms with Crippen LogP contribution >= 0.6 is 0 Å². The topological polar surface area (TPSA) is 26.3 Å². The maximum Gasteiger partial charge on any atom is 0.184 e. The minimum Gasteiger partial charge on any atom is -0.413 e. The molecule has 0 aromatic heterocycles. The third kappa shape index (κ3) is 1.51. The summed E-state index contributed by atoms with van der Waals surface area (Å²) in [5.41, 5.74) is -0.0952. The van der Waals surface area contributed by atoms with E-state index in [9.17, 15) is 4.79 Å². The number of hydrogen-bond acceptors (Lipinski definition) is 2. The standard InChI is InChI=1S/C13H24O2Si/c1-12(2)8-9(12)11(15-16(5,6)7)13(3,4)10(8)14/h8-9,11H,1-7H3/t8-,9+,11-/m0/s1. The van der Waals surface area contributed by atoms with Gasteiger partial charge in [0.1, 0.15) is 5.78 Å². The molecule has 2 saturated carbocycles. The number of fused-ring (bicyclic) bond motifs is 1. The number of ketones is 1. The minimum absolute atomic E-state index is 0.145. The molecule has 0 saturated heterocycles. The molecule has 0 bridgehead atoms. The molecule has 0 aromatic carbocycles. The zero-order chi connectivity index (χ0) is 12.5. The van der Waals surface area contributed by atoms with Crippen molar-refractivity contribution in [3.63, 3.8) is 0 Å². The largest absolute Gasteiger partial charge is 0.413 e. The smallest absolute Gasteiger partial charge is 0.184 e. The molecule has 3 heteroatoms. The van der Waals surface area contributed by atoms with E-state index in [0.29, 0.717) is 11.7 Å². The van der Waals surface area contributed by atoms with Crippen LogP contribution in [0.25, 0.3) is 0 Å². The van der Waals surface area contributed by atoms with Crippen molar-refractivity contribution in [2.24, 2.45) is 22.7 Å². The summed E-state index contributed by atoms with van der Waals surface area (Å²) in [4.78, 5) is 12.3. The van der Waals surface area contributed by atoms with Crippen molar-refractivity contribution in [2.75, 3.05) is 0 Å². The van der Waals surface area contributed by atoms with Gasteiger partial charge in [-0.25, -0.2) is 0 Å². The minimum atomic E-state index is -1.57. The van der Waals surface area contributed by atoms with Crippen molar-refractivity contribution < 1.29 is 9.22 Å². The molecule has 0 aromatic rings. The molecule has 16 heavy (non-hydrogen) atoms. The molecule has 0 N–H and O–H groups in total. The van der Waals surface area contributed by atoms with Crippen LogP contribution in [-0.4, -0.2) is 20.2 Å². The molecule has 0 spiro atoms. The normalized spacial score (nSPS) is 39.7. The van der Waals surface area contributed by atoms with Crippen molar-refractivity contribution in [3.8, 4) is 0 Å². The Morgan fingerprint density at radius 1 is 1.12 bits per heavy atom. The highest BCUT2D eigenvalue weighted by Crippen LogP contribution is 2.70. The number of Topliss-reactive ketones (excluding diaryl/α,β-unsaturated/α-hetero) is 1. The van der Waals surface area contributed by atoms with Gasteiger partial charge < -0.3 is 4.43 Å². The van der Waals surface area contributed by atoms with Crippen LogP contribution in [0, 0.1) is 22.7 Å². The summed E-state index contributed by atoms with van der Waals surface area (Å²) in [7, 11) is -1.57. The molecule has 0 aliphatic heterocycles. The fourth-order valence-electron chi connectivity index (χ4n) is 3.33. The Bertz CT molecular complexity index is 338. The molecule has 0 unspecified atom stereocenters. The van der Waals surface area contributed by atoms with E-state index in [-0.39, 0.29) is 22.9 Å². The van der Waals surface area contributed by atoms with Crippen LogP contribution < -0.4 is 0 Å². The van der Waals surface area contributed by atoms with Crippen molar-refractivity contribution in [2.45, 2.75) is 53.4 Å².